The SMILES string of the molecule is Cc1cccc(C(=O)N2CCC3(CC2)CC(CC(=O)NCC2CC2)c2ccccc23)n1.O=C(O)C(F)(F)F. The average Bonchev–Trinajstić information content (AvgIpc) is 3.67. The van der Waals surface area contributed by atoms with E-state index in [2.05, 4.69) is 34.6 Å². The van der Waals surface area contributed by atoms with Gasteiger partial charge in [0.05, 0.1) is 0 Å². The molecule has 2 aliphatic carbocycles. The molecule has 1 unspecified atom stereocenters. The molecule has 1 spiro atoms. The lowest BCUT2D eigenvalue weighted by atomic mass is 9.73. The number of halogens is 3. The predicted molar refractivity (Wildman–Crippen MR) is 134 cm³/mol. The van der Waals surface area contributed by atoms with Crippen LogP contribution in [0.15, 0.2) is 42.5 Å². The van der Waals surface area contributed by atoms with Crippen LogP contribution in [0, 0.1) is 12.8 Å². The zero-order valence-electron chi connectivity index (χ0n) is 21.3. The van der Waals surface area contributed by atoms with Gasteiger partial charge in [0.2, 0.25) is 5.91 Å². The van der Waals surface area contributed by atoms with E-state index in [-0.39, 0.29) is 23.1 Å². The Hall–Kier alpha value is -3.43. The molecule has 0 radical (unpaired) electrons. The Bertz CT molecular complexity index is 1190. The van der Waals surface area contributed by atoms with Crippen LogP contribution in [0.4, 0.5) is 13.2 Å². The van der Waals surface area contributed by atoms with Crippen molar-refractivity contribution in [3.63, 3.8) is 0 Å². The number of nitrogens with zero attached hydrogens (tertiary/aromatic N) is 2. The summed E-state index contributed by atoms with van der Waals surface area (Å²) in [4.78, 5) is 40.8. The van der Waals surface area contributed by atoms with Crippen LogP contribution >= 0.6 is 0 Å². The van der Waals surface area contributed by atoms with Crippen molar-refractivity contribution in [1.82, 2.24) is 15.2 Å². The van der Waals surface area contributed by atoms with Crippen molar-refractivity contribution in [2.75, 3.05) is 19.6 Å². The quantitative estimate of drug-likeness (QED) is 0.588. The van der Waals surface area contributed by atoms with Crippen LogP contribution in [0.3, 0.4) is 0 Å². The number of amides is 2. The maximum atomic E-state index is 13.0. The first-order valence-corrected chi connectivity index (χ1v) is 12.9. The van der Waals surface area contributed by atoms with Crippen molar-refractivity contribution in [1.29, 1.82) is 0 Å². The van der Waals surface area contributed by atoms with Gasteiger partial charge in [-0.1, -0.05) is 30.3 Å². The van der Waals surface area contributed by atoms with Gasteiger partial charge in [0.25, 0.3) is 5.91 Å². The van der Waals surface area contributed by atoms with Gasteiger partial charge in [-0.05, 0) is 79.5 Å². The molecule has 2 amide bonds. The fourth-order valence-corrected chi connectivity index (χ4v) is 5.52. The van der Waals surface area contributed by atoms with Gasteiger partial charge in [0.15, 0.2) is 0 Å². The molecule has 2 heterocycles. The van der Waals surface area contributed by atoms with E-state index in [1.165, 1.54) is 24.0 Å². The van der Waals surface area contributed by atoms with Gasteiger partial charge in [-0.3, -0.25) is 9.59 Å². The molecule has 3 aliphatic rings. The molecule has 1 saturated carbocycles. The number of benzene rings is 1. The number of likely N-dealkylation sites (tertiary alicyclic amines) is 1. The Balaban J connectivity index is 0.000000426. The van der Waals surface area contributed by atoms with E-state index < -0.39 is 12.1 Å². The van der Waals surface area contributed by atoms with E-state index in [1.54, 1.807) is 6.07 Å². The lowest BCUT2D eigenvalue weighted by Gasteiger charge is -2.40. The molecule has 1 aromatic carbocycles. The summed E-state index contributed by atoms with van der Waals surface area (Å²) in [5, 5.41) is 10.3. The first-order chi connectivity index (χ1) is 18.0. The van der Waals surface area contributed by atoms with Crippen LogP contribution in [-0.4, -0.2) is 58.6 Å². The smallest absolute Gasteiger partial charge is 0.475 e. The number of fused-ring (bicyclic) bond motifs is 2. The number of carbonyl (C=O) groups is 3. The molecule has 7 nitrogen and oxygen atoms in total. The first-order valence-electron chi connectivity index (χ1n) is 12.9. The van der Waals surface area contributed by atoms with E-state index in [0.717, 1.165) is 44.6 Å². The molecule has 2 aromatic rings. The number of carbonyl (C=O) groups excluding carboxylic acids is 2. The fourth-order valence-electron chi connectivity index (χ4n) is 5.52. The summed E-state index contributed by atoms with van der Waals surface area (Å²) >= 11 is 0. The molecule has 1 aromatic heterocycles. The molecular weight excluding hydrogens is 499 g/mol. The molecular formula is C28H32F3N3O4. The molecule has 2 N–H and O–H groups in total. The van der Waals surface area contributed by atoms with Crippen molar-refractivity contribution in [2.45, 2.75) is 63.0 Å². The molecule has 5 rings (SSSR count). The number of nitrogens with one attached hydrogen (secondary N) is 1. The van der Waals surface area contributed by atoms with Crippen molar-refractivity contribution in [2.24, 2.45) is 5.92 Å². The monoisotopic (exact) mass is 531 g/mol. The molecule has 10 heteroatoms. The fraction of sp³-hybridized carbons (Fsp3) is 0.500. The van der Waals surface area contributed by atoms with Gasteiger partial charge in [-0.15, -0.1) is 0 Å². The van der Waals surface area contributed by atoms with Gasteiger partial charge < -0.3 is 15.3 Å². The number of aliphatic carboxylic acids is 1. The van der Waals surface area contributed by atoms with Crippen LogP contribution in [0.2, 0.25) is 0 Å². The Morgan fingerprint density at radius 3 is 2.34 bits per heavy atom. The van der Waals surface area contributed by atoms with Gasteiger partial charge in [0.1, 0.15) is 5.69 Å². The number of hydrogen-bond acceptors (Lipinski definition) is 4. The number of alkyl halides is 3. The number of piperidine rings is 1. The largest absolute Gasteiger partial charge is 0.490 e. The Morgan fingerprint density at radius 1 is 1.08 bits per heavy atom. The normalized spacial score (nSPS) is 19.8. The van der Waals surface area contributed by atoms with Gasteiger partial charge in [0, 0.05) is 31.7 Å². The number of pyridine rings is 1. The Kier molecular flexibility index (Phi) is 8.08. The Morgan fingerprint density at radius 2 is 1.74 bits per heavy atom. The highest BCUT2D eigenvalue weighted by molar-refractivity contribution is 5.92. The molecule has 1 aliphatic heterocycles. The maximum Gasteiger partial charge on any atom is 0.490 e. The summed E-state index contributed by atoms with van der Waals surface area (Å²) in [5.74, 6) is -1.57. The summed E-state index contributed by atoms with van der Waals surface area (Å²) < 4.78 is 31.7. The minimum Gasteiger partial charge on any atom is -0.475 e. The van der Waals surface area contributed by atoms with Crippen molar-refractivity contribution in [3.8, 4) is 0 Å². The van der Waals surface area contributed by atoms with Crippen molar-refractivity contribution < 1.29 is 32.7 Å². The lowest BCUT2D eigenvalue weighted by molar-refractivity contribution is -0.192. The minimum absolute atomic E-state index is 0.0286. The summed E-state index contributed by atoms with van der Waals surface area (Å²) in [7, 11) is 0. The second-order valence-electron chi connectivity index (χ2n) is 10.5. The zero-order valence-corrected chi connectivity index (χ0v) is 21.3. The molecule has 2 fully saturated rings. The highest BCUT2D eigenvalue weighted by Gasteiger charge is 2.46. The van der Waals surface area contributed by atoms with Gasteiger partial charge in [-0.25, -0.2) is 9.78 Å². The highest BCUT2D eigenvalue weighted by Crippen LogP contribution is 2.52. The summed E-state index contributed by atoms with van der Waals surface area (Å²) in [6.07, 6.45) is 0.894. The third kappa shape index (κ3) is 6.52. The number of carboxylic acids is 1. The highest BCUT2D eigenvalue weighted by atomic mass is 19.4. The molecule has 38 heavy (non-hydrogen) atoms. The number of rotatable bonds is 5. The number of aryl methyl sites for hydroxylation is 1. The van der Waals surface area contributed by atoms with Crippen molar-refractivity contribution in [3.05, 3.63) is 65.0 Å². The third-order valence-electron chi connectivity index (χ3n) is 7.68. The van der Waals surface area contributed by atoms with Crippen LogP contribution < -0.4 is 5.32 Å². The predicted octanol–water partition coefficient (Wildman–Crippen LogP) is 4.60. The molecule has 204 valence electrons. The molecule has 0 bridgehead atoms. The van der Waals surface area contributed by atoms with E-state index in [4.69, 9.17) is 9.90 Å². The molecule has 1 saturated heterocycles. The van der Waals surface area contributed by atoms with Crippen LogP contribution in [0.1, 0.15) is 71.8 Å². The van der Waals surface area contributed by atoms with E-state index >= 15 is 0 Å². The topological polar surface area (TPSA) is 99.6 Å². The van der Waals surface area contributed by atoms with Crippen LogP contribution in [0.5, 0.6) is 0 Å². The van der Waals surface area contributed by atoms with E-state index in [0.29, 0.717) is 18.0 Å². The van der Waals surface area contributed by atoms with E-state index in [1.807, 2.05) is 24.0 Å². The zero-order chi connectivity index (χ0) is 27.5. The minimum atomic E-state index is -5.08. The summed E-state index contributed by atoms with van der Waals surface area (Å²) in [5.41, 5.74) is 4.22. The number of hydrogen-bond donors (Lipinski definition) is 2. The van der Waals surface area contributed by atoms with E-state index in [9.17, 15) is 22.8 Å². The second-order valence-corrected chi connectivity index (χ2v) is 10.5. The van der Waals surface area contributed by atoms with Gasteiger partial charge >= 0.3 is 12.1 Å². The van der Waals surface area contributed by atoms with Crippen molar-refractivity contribution >= 4 is 17.8 Å². The summed E-state index contributed by atoms with van der Waals surface area (Å²) in [6.45, 7) is 4.23. The standard InChI is InChI=1S/C26H31N3O2.C2HF3O2/c1-18-5-4-8-23(28-18)25(31)29-13-11-26(12-14-29)16-20(21-6-2-3-7-22(21)26)15-24(30)27-17-19-9-10-19;3-2(4,5)1(6)7/h2-8,19-20H,9-17H2,1H3,(H,27,30);(H,6,7). The van der Waals surface area contributed by atoms with Crippen LogP contribution in [0.25, 0.3) is 0 Å². The van der Waals surface area contributed by atoms with Gasteiger partial charge in [-0.2, -0.15) is 13.2 Å². The summed E-state index contributed by atoms with van der Waals surface area (Å²) in [6, 6.07) is 14.3. The van der Waals surface area contributed by atoms with Crippen LogP contribution in [-0.2, 0) is 15.0 Å². The number of aromatic nitrogens is 1. The third-order valence-corrected chi connectivity index (χ3v) is 7.68. The lowest BCUT2D eigenvalue weighted by Crippen LogP contribution is -2.44. The maximum absolute atomic E-state index is 13.0. The molecule has 1 atom stereocenters. The Labute approximate surface area is 219 Å². The second kappa shape index (κ2) is 11.1. The first kappa shape index (κ1) is 27.6. The number of carboxylic acid groups (broad SMARTS) is 1. The average molecular weight is 532 g/mol.